The summed E-state index contributed by atoms with van der Waals surface area (Å²) >= 11 is 17.6. The molecular formula is C13H6Cl3FO. The van der Waals surface area contributed by atoms with E-state index >= 15 is 0 Å². The lowest BCUT2D eigenvalue weighted by Crippen LogP contribution is -2.04. The first-order chi connectivity index (χ1) is 8.50. The second kappa shape index (κ2) is 5.27. The highest BCUT2D eigenvalue weighted by Crippen LogP contribution is 2.29. The highest BCUT2D eigenvalue weighted by atomic mass is 35.5. The van der Waals surface area contributed by atoms with E-state index in [9.17, 15) is 9.18 Å². The molecule has 92 valence electrons. The fourth-order valence-corrected chi connectivity index (χ4v) is 2.09. The fraction of sp³-hybridized carbons (Fsp3) is 0. The van der Waals surface area contributed by atoms with Crippen LogP contribution in [0.2, 0.25) is 15.1 Å². The number of hydrogen-bond acceptors (Lipinski definition) is 1. The van der Waals surface area contributed by atoms with Crippen molar-refractivity contribution in [2.45, 2.75) is 0 Å². The third kappa shape index (κ3) is 2.51. The predicted octanol–water partition coefficient (Wildman–Crippen LogP) is 5.02. The molecule has 0 unspecified atom stereocenters. The molecule has 0 heterocycles. The molecule has 0 saturated carbocycles. The monoisotopic (exact) mass is 302 g/mol. The molecule has 0 saturated heterocycles. The average molecular weight is 304 g/mol. The third-order valence-corrected chi connectivity index (χ3v) is 3.52. The Morgan fingerprint density at radius 1 is 0.944 bits per heavy atom. The normalized spacial score (nSPS) is 10.4. The summed E-state index contributed by atoms with van der Waals surface area (Å²) in [6.07, 6.45) is 0. The van der Waals surface area contributed by atoms with Crippen molar-refractivity contribution in [3.63, 3.8) is 0 Å². The maximum absolute atomic E-state index is 13.1. The van der Waals surface area contributed by atoms with E-state index in [-0.39, 0.29) is 26.2 Å². The van der Waals surface area contributed by atoms with Crippen LogP contribution in [0.3, 0.4) is 0 Å². The van der Waals surface area contributed by atoms with Crippen LogP contribution < -0.4 is 0 Å². The SMILES string of the molecule is O=C(c1cc(F)ccc1Cl)c1cccc(Cl)c1Cl. The van der Waals surface area contributed by atoms with Crippen LogP contribution in [0.5, 0.6) is 0 Å². The van der Waals surface area contributed by atoms with Gasteiger partial charge in [0.1, 0.15) is 5.82 Å². The summed E-state index contributed by atoms with van der Waals surface area (Å²) < 4.78 is 13.1. The van der Waals surface area contributed by atoms with Crippen LogP contribution >= 0.6 is 34.8 Å². The summed E-state index contributed by atoms with van der Waals surface area (Å²) in [5.74, 6) is -1.01. The molecule has 0 aliphatic rings. The summed E-state index contributed by atoms with van der Waals surface area (Å²) in [4.78, 5) is 12.2. The van der Waals surface area contributed by atoms with E-state index in [1.54, 1.807) is 12.1 Å². The van der Waals surface area contributed by atoms with Gasteiger partial charge in [-0.25, -0.2) is 4.39 Å². The van der Waals surface area contributed by atoms with Crippen molar-refractivity contribution in [1.82, 2.24) is 0 Å². The summed E-state index contributed by atoms with van der Waals surface area (Å²) in [6, 6.07) is 8.24. The Kier molecular flexibility index (Phi) is 3.91. The van der Waals surface area contributed by atoms with Crippen LogP contribution in [-0.4, -0.2) is 5.78 Å². The number of halogens is 4. The average Bonchev–Trinajstić information content (AvgIpc) is 2.35. The van der Waals surface area contributed by atoms with Crippen molar-refractivity contribution in [3.8, 4) is 0 Å². The molecule has 0 N–H and O–H groups in total. The Balaban J connectivity index is 2.55. The van der Waals surface area contributed by atoms with Gasteiger partial charge in [-0.3, -0.25) is 4.79 Å². The van der Waals surface area contributed by atoms with E-state index in [4.69, 9.17) is 34.8 Å². The molecule has 5 heteroatoms. The first-order valence-corrected chi connectivity index (χ1v) is 6.08. The van der Waals surface area contributed by atoms with E-state index in [2.05, 4.69) is 0 Å². The number of hydrogen-bond donors (Lipinski definition) is 0. The van der Waals surface area contributed by atoms with Gasteiger partial charge in [-0.1, -0.05) is 40.9 Å². The molecule has 2 aromatic rings. The molecule has 0 aliphatic heterocycles. The van der Waals surface area contributed by atoms with Gasteiger partial charge < -0.3 is 0 Å². The molecule has 1 nitrogen and oxygen atoms in total. The molecule has 0 aliphatic carbocycles. The molecule has 0 amide bonds. The Labute approximate surface area is 118 Å². The van der Waals surface area contributed by atoms with E-state index in [1.807, 2.05) is 0 Å². The Hall–Kier alpha value is -1.09. The topological polar surface area (TPSA) is 17.1 Å². The van der Waals surface area contributed by atoms with E-state index in [0.29, 0.717) is 0 Å². The van der Waals surface area contributed by atoms with Crippen LogP contribution in [0, 0.1) is 5.82 Å². The smallest absolute Gasteiger partial charge is 0.196 e. The molecule has 0 aromatic heterocycles. The zero-order valence-electron chi connectivity index (χ0n) is 8.88. The molecule has 2 rings (SSSR count). The van der Waals surface area contributed by atoms with E-state index in [0.717, 1.165) is 6.07 Å². The Morgan fingerprint density at radius 2 is 1.67 bits per heavy atom. The minimum Gasteiger partial charge on any atom is -0.288 e. The lowest BCUT2D eigenvalue weighted by Gasteiger charge is -2.06. The number of benzene rings is 2. The molecule has 0 spiro atoms. The first-order valence-electron chi connectivity index (χ1n) is 4.94. The summed E-state index contributed by atoms with van der Waals surface area (Å²) in [5.41, 5.74) is 0.248. The Morgan fingerprint density at radius 3 is 2.39 bits per heavy atom. The van der Waals surface area contributed by atoms with Crippen LogP contribution in [0.1, 0.15) is 15.9 Å². The predicted molar refractivity (Wildman–Crippen MR) is 71.3 cm³/mol. The van der Waals surface area contributed by atoms with Crippen LogP contribution in [-0.2, 0) is 0 Å². The second-order valence-corrected chi connectivity index (χ2v) is 4.75. The largest absolute Gasteiger partial charge is 0.288 e. The first kappa shape index (κ1) is 13.3. The number of carbonyl (C=O) groups excluding carboxylic acids is 1. The van der Waals surface area contributed by atoms with Crippen molar-refractivity contribution >= 4 is 40.6 Å². The van der Waals surface area contributed by atoms with Crippen molar-refractivity contribution in [2.75, 3.05) is 0 Å². The van der Waals surface area contributed by atoms with Gasteiger partial charge in [0.2, 0.25) is 0 Å². The summed E-state index contributed by atoms with van der Waals surface area (Å²) in [5, 5.41) is 0.553. The van der Waals surface area contributed by atoms with Gasteiger partial charge in [-0.2, -0.15) is 0 Å². The van der Waals surface area contributed by atoms with Crippen molar-refractivity contribution < 1.29 is 9.18 Å². The van der Waals surface area contributed by atoms with Gasteiger partial charge in [0.15, 0.2) is 5.78 Å². The summed E-state index contributed by atoms with van der Waals surface area (Å²) in [6.45, 7) is 0. The summed E-state index contributed by atoms with van der Waals surface area (Å²) in [7, 11) is 0. The van der Waals surface area contributed by atoms with Crippen molar-refractivity contribution in [3.05, 3.63) is 68.4 Å². The quantitative estimate of drug-likeness (QED) is 0.712. The molecule has 2 aromatic carbocycles. The minimum atomic E-state index is -0.541. The molecule has 0 fully saturated rings. The lowest BCUT2D eigenvalue weighted by molar-refractivity contribution is 0.103. The van der Waals surface area contributed by atoms with Gasteiger partial charge in [-0.15, -0.1) is 0 Å². The zero-order chi connectivity index (χ0) is 13.3. The standard InChI is InChI=1S/C13H6Cl3FO/c14-10-5-4-7(17)6-9(10)13(18)8-2-1-3-11(15)12(8)16/h1-6H. The van der Waals surface area contributed by atoms with Crippen molar-refractivity contribution in [2.24, 2.45) is 0 Å². The highest BCUT2D eigenvalue weighted by molar-refractivity contribution is 6.45. The molecule has 0 radical (unpaired) electrons. The van der Waals surface area contributed by atoms with Crippen molar-refractivity contribution in [1.29, 1.82) is 0 Å². The molecule has 0 atom stereocenters. The second-order valence-electron chi connectivity index (χ2n) is 3.55. The van der Waals surface area contributed by atoms with E-state index < -0.39 is 11.6 Å². The zero-order valence-corrected chi connectivity index (χ0v) is 11.2. The minimum absolute atomic E-state index is 0.0563. The maximum atomic E-state index is 13.1. The van der Waals surface area contributed by atoms with Gasteiger partial charge in [0, 0.05) is 11.1 Å². The molecule has 0 bridgehead atoms. The van der Waals surface area contributed by atoms with Gasteiger partial charge in [0.25, 0.3) is 0 Å². The molecule has 18 heavy (non-hydrogen) atoms. The van der Waals surface area contributed by atoms with Gasteiger partial charge in [0.05, 0.1) is 15.1 Å². The molecular weight excluding hydrogens is 297 g/mol. The number of ketones is 1. The van der Waals surface area contributed by atoms with Crippen LogP contribution in [0.4, 0.5) is 4.39 Å². The van der Waals surface area contributed by atoms with Gasteiger partial charge in [-0.05, 0) is 30.3 Å². The van der Waals surface area contributed by atoms with Crippen LogP contribution in [0.25, 0.3) is 0 Å². The van der Waals surface area contributed by atoms with E-state index in [1.165, 1.54) is 18.2 Å². The lowest BCUT2D eigenvalue weighted by atomic mass is 10.0. The number of carbonyl (C=O) groups is 1. The highest BCUT2D eigenvalue weighted by Gasteiger charge is 2.17. The third-order valence-electron chi connectivity index (χ3n) is 2.37. The van der Waals surface area contributed by atoms with Crippen LogP contribution in [0.15, 0.2) is 36.4 Å². The van der Waals surface area contributed by atoms with Gasteiger partial charge >= 0.3 is 0 Å². The maximum Gasteiger partial charge on any atom is 0.196 e. The number of rotatable bonds is 2. The fourth-order valence-electron chi connectivity index (χ4n) is 1.50. The Bertz CT molecular complexity index is 622.